The third-order valence-corrected chi connectivity index (χ3v) is 2.37. The van der Waals surface area contributed by atoms with Gasteiger partial charge in [-0.15, -0.1) is 0 Å². The molecule has 2 N–H and O–H groups in total. The highest BCUT2D eigenvalue weighted by molar-refractivity contribution is 6.32. The molecule has 0 saturated heterocycles. The number of aryl methyl sites for hydroxylation is 1. The largest absolute Gasteiger partial charge is 0.508 e. The highest BCUT2D eigenvalue weighted by Crippen LogP contribution is 2.33. The predicted molar refractivity (Wildman–Crippen MR) is 53.9 cm³/mol. The van der Waals surface area contributed by atoms with Gasteiger partial charge in [-0.3, -0.25) is 4.79 Å². The molecule has 0 aromatic heterocycles. The average molecular weight is 215 g/mol. The van der Waals surface area contributed by atoms with Gasteiger partial charge in [0.2, 0.25) is 0 Å². The number of phenols is 1. The molecule has 0 radical (unpaired) electrons. The number of aliphatic carboxylic acids is 1. The number of carboxylic acid groups (broad SMARTS) is 1. The van der Waals surface area contributed by atoms with Gasteiger partial charge in [0, 0.05) is 10.6 Å². The summed E-state index contributed by atoms with van der Waals surface area (Å²) in [6.07, 6.45) is 0. The number of hydrogen-bond acceptors (Lipinski definition) is 2. The minimum atomic E-state index is -1.01. The lowest BCUT2D eigenvalue weighted by Crippen LogP contribution is -2.08. The number of benzene rings is 1. The van der Waals surface area contributed by atoms with Gasteiger partial charge in [0.1, 0.15) is 5.75 Å². The number of phenolic OH excluding ortho intramolecular Hbond substituents is 1. The van der Waals surface area contributed by atoms with E-state index in [1.807, 2.05) is 0 Å². The second kappa shape index (κ2) is 3.88. The van der Waals surface area contributed by atoms with Crippen molar-refractivity contribution in [1.29, 1.82) is 0 Å². The minimum absolute atomic E-state index is 0.0649. The van der Waals surface area contributed by atoms with Gasteiger partial charge in [0.15, 0.2) is 0 Å². The van der Waals surface area contributed by atoms with Gasteiger partial charge in [0.05, 0.1) is 5.92 Å². The van der Waals surface area contributed by atoms with E-state index in [-0.39, 0.29) is 16.3 Å². The standard InChI is InChI=1S/C10H11ClO3/c1-5-3-7(11)9(8(12)4-5)6(2)10(13)14/h3-4,6,12H,1-2H3,(H,13,14). The predicted octanol–water partition coefficient (Wildman–Crippen LogP) is 2.54. The molecule has 76 valence electrons. The van der Waals surface area contributed by atoms with Crippen molar-refractivity contribution in [3.05, 3.63) is 28.3 Å². The molecular formula is C10H11ClO3. The van der Waals surface area contributed by atoms with E-state index in [1.165, 1.54) is 13.0 Å². The molecule has 0 aliphatic carbocycles. The zero-order valence-corrected chi connectivity index (χ0v) is 8.67. The van der Waals surface area contributed by atoms with E-state index in [9.17, 15) is 9.90 Å². The van der Waals surface area contributed by atoms with Gasteiger partial charge in [-0.1, -0.05) is 11.6 Å². The average Bonchev–Trinajstić information content (AvgIpc) is 2.01. The van der Waals surface area contributed by atoms with Crippen molar-refractivity contribution in [3.63, 3.8) is 0 Å². The SMILES string of the molecule is Cc1cc(O)c(C(C)C(=O)O)c(Cl)c1. The van der Waals surface area contributed by atoms with Crippen LogP contribution in [0, 0.1) is 6.92 Å². The van der Waals surface area contributed by atoms with Gasteiger partial charge >= 0.3 is 5.97 Å². The Morgan fingerprint density at radius 3 is 2.50 bits per heavy atom. The summed E-state index contributed by atoms with van der Waals surface area (Å²) in [5, 5.41) is 18.6. The van der Waals surface area contributed by atoms with Crippen LogP contribution >= 0.6 is 11.6 Å². The van der Waals surface area contributed by atoms with E-state index < -0.39 is 11.9 Å². The van der Waals surface area contributed by atoms with Gasteiger partial charge < -0.3 is 10.2 Å². The molecule has 3 nitrogen and oxygen atoms in total. The lowest BCUT2D eigenvalue weighted by molar-refractivity contribution is -0.138. The van der Waals surface area contributed by atoms with Crippen molar-refractivity contribution in [3.8, 4) is 5.75 Å². The summed E-state index contributed by atoms with van der Waals surface area (Å²) in [5.74, 6) is -1.88. The van der Waals surface area contributed by atoms with E-state index in [2.05, 4.69) is 0 Å². The van der Waals surface area contributed by atoms with Gasteiger partial charge in [0.25, 0.3) is 0 Å². The minimum Gasteiger partial charge on any atom is -0.508 e. The Hall–Kier alpha value is -1.22. The molecule has 1 aromatic rings. The molecule has 1 unspecified atom stereocenters. The van der Waals surface area contributed by atoms with Crippen LogP contribution in [0.15, 0.2) is 12.1 Å². The van der Waals surface area contributed by atoms with Crippen LogP contribution in [-0.4, -0.2) is 16.2 Å². The summed E-state index contributed by atoms with van der Waals surface area (Å²) in [6.45, 7) is 3.26. The Kier molecular flexibility index (Phi) is 3.01. The zero-order valence-electron chi connectivity index (χ0n) is 7.91. The normalized spacial score (nSPS) is 12.5. The maximum absolute atomic E-state index is 10.7. The Bertz CT molecular complexity index is 351. The molecule has 0 bridgehead atoms. The van der Waals surface area contributed by atoms with E-state index in [1.54, 1.807) is 13.0 Å². The molecule has 0 fully saturated rings. The van der Waals surface area contributed by atoms with Crippen LogP contribution in [0.5, 0.6) is 5.75 Å². The van der Waals surface area contributed by atoms with Crippen LogP contribution in [0.2, 0.25) is 5.02 Å². The molecule has 4 heteroatoms. The van der Waals surface area contributed by atoms with Crippen molar-refractivity contribution in [2.75, 3.05) is 0 Å². The third kappa shape index (κ3) is 1.99. The molecule has 0 aliphatic heterocycles. The molecule has 0 aliphatic rings. The number of carbonyl (C=O) groups is 1. The lowest BCUT2D eigenvalue weighted by Gasteiger charge is -2.11. The molecule has 0 spiro atoms. The quantitative estimate of drug-likeness (QED) is 0.796. The molecule has 0 amide bonds. The van der Waals surface area contributed by atoms with Gasteiger partial charge in [-0.25, -0.2) is 0 Å². The summed E-state index contributed by atoms with van der Waals surface area (Å²) in [5.41, 5.74) is 1.07. The maximum atomic E-state index is 10.7. The van der Waals surface area contributed by atoms with E-state index in [0.717, 1.165) is 5.56 Å². The molecule has 14 heavy (non-hydrogen) atoms. The Morgan fingerprint density at radius 1 is 1.50 bits per heavy atom. The van der Waals surface area contributed by atoms with Crippen LogP contribution in [0.1, 0.15) is 24.0 Å². The number of hydrogen-bond donors (Lipinski definition) is 2. The first-order valence-corrected chi connectivity index (χ1v) is 4.53. The monoisotopic (exact) mass is 214 g/mol. The maximum Gasteiger partial charge on any atom is 0.310 e. The first-order chi connectivity index (χ1) is 6.43. The van der Waals surface area contributed by atoms with E-state index in [0.29, 0.717) is 0 Å². The Balaban J connectivity index is 3.27. The molecule has 0 saturated carbocycles. The van der Waals surface area contributed by atoms with Crippen LogP contribution in [0.4, 0.5) is 0 Å². The van der Waals surface area contributed by atoms with Crippen molar-refractivity contribution >= 4 is 17.6 Å². The lowest BCUT2D eigenvalue weighted by atomic mass is 9.99. The van der Waals surface area contributed by atoms with Crippen molar-refractivity contribution in [2.45, 2.75) is 19.8 Å². The van der Waals surface area contributed by atoms with Gasteiger partial charge in [-0.05, 0) is 31.5 Å². The molecular weight excluding hydrogens is 204 g/mol. The number of aromatic hydroxyl groups is 1. The Labute approximate surface area is 86.9 Å². The van der Waals surface area contributed by atoms with Crippen molar-refractivity contribution in [2.24, 2.45) is 0 Å². The summed E-state index contributed by atoms with van der Waals surface area (Å²) >= 11 is 5.85. The fourth-order valence-electron chi connectivity index (χ4n) is 1.29. The smallest absolute Gasteiger partial charge is 0.310 e. The van der Waals surface area contributed by atoms with Crippen LogP contribution in [-0.2, 0) is 4.79 Å². The molecule has 0 heterocycles. The highest BCUT2D eigenvalue weighted by Gasteiger charge is 2.20. The van der Waals surface area contributed by atoms with Crippen LogP contribution < -0.4 is 0 Å². The summed E-state index contributed by atoms with van der Waals surface area (Å²) in [4.78, 5) is 10.7. The Morgan fingerprint density at radius 2 is 2.07 bits per heavy atom. The van der Waals surface area contributed by atoms with E-state index >= 15 is 0 Å². The first-order valence-electron chi connectivity index (χ1n) is 4.15. The second-order valence-corrected chi connectivity index (χ2v) is 3.65. The van der Waals surface area contributed by atoms with Crippen molar-refractivity contribution in [1.82, 2.24) is 0 Å². The second-order valence-electron chi connectivity index (χ2n) is 3.24. The van der Waals surface area contributed by atoms with Crippen LogP contribution in [0.25, 0.3) is 0 Å². The number of halogens is 1. The molecule has 1 atom stereocenters. The van der Waals surface area contributed by atoms with Crippen LogP contribution in [0.3, 0.4) is 0 Å². The highest BCUT2D eigenvalue weighted by atomic mass is 35.5. The fourth-order valence-corrected chi connectivity index (χ4v) is 1.72. The first kappa shape index (κ1) is 10.9. The zero-order chi connectivity index (χ0) is 10.9. The van der Waals surface area contributed by atoms with Crippen molar-refractivity contribution < 1.29 is 15.0 Å². The number of carboxylic acids is 1. The van der Waals surface area contributed by atoms with Gasteiger partial charge in [-0.2, -0.15) is 0 Å². The fraction of sp³-hybridized carbons (Fsp3) is 0.300. The third-order valence-electron chi connectivity index (χ3n) is 2.06. The summed E-state index contributed by atoms with van der Waals surface area (Å²) in [7, 11) is 0. The molecule has 1 rings (SSSR count). The molecule has 1 aromatic carbocycles. The summed E-state index contributed by atoms with van der Waals surface area (Å²) in [6, 6.07) is 3.14. The topological polar surface area (TPSA) is 57.5 Å². The van der Waals surface area contributed by atoms with E-state index in [4.69, 9.17) is 16.7 Å². The number of rotatable bonds is 2. The summed E-state index contributed by atoms with van der Waals surface area (Å²) < 4.78 is 0.